The molecule has 2 heterocycles. The van der Waals surface area contributed by atoms with Gasteiger partial charge in [-0.05, 0) is 31.2 Å². The number of anilines is 2. The van der Waals surface area contributed by atoms with E-state index in [1.54, 1.807) is 18.4 Å². The molecule has 10 heteroatoms. The first-order chi connectivity index (χ1) is 13.1. The van der Waals surface area contributed by atoms with Crippen molar-refractivity contribution in [2.45, 2.75) is 17.8 Å². The van der Waals surface area contributed by atoms with Crippen LogP contribution in [0.3, 0.4) is 0 Å². The molecule has 0 spiro atoms. The monoisotopic (exact) mass is 403 g/mol. The van der Waals surface area contributed by atoms with E-state index >= 15 is 0 Å². The molecule has 0 saturated heterocycles. The van der Waals surface area contributed by atoms with Crippen LogP contribution in [0.4, 0.5) is 15.6 Å². The largest absolute Gasteiger partial charge is 0.467 e. The van der Waals surface area contributed by atoms with Crippen molar-refractivity contribution in [2.75, 3.05) is 16.4 Å². The molecule has 140 valence electrons. The third-order valence-corrected chi connectivity index (χ3v) is 5.27. The Bertz CT molecular complexity index is 894. The molecular weight excluding hydrogens is 386 g/mol. The predicted octanol–water partition coefficient (Wildman–Crippen LogP) is 3.49. The average molecular weight is 403 g/mol. The molecule has 3 rings (SSSR count). The van der Waals surface area contributed by atoms with E-state index in [0.29, 0.717) is 27.5 Å². The van der Waals surface area contributed by atoms with Crippen molar-refractivity contribution in [1.82, 2.24) is 15.5 Å². The molecule has 0 aliphatic rings. The van der Waals surface area contributed by atoms with Crippen molar-refractivity contribution in [3.63, 3.8) is 0 Å². The van der Waals surface area contributed by atoms with E-state index in [1.807, 2.05) is 31.2 Å². The number of urea groups is 1. The minimum absolute atomic E-state index is 0.141. The number of hydrogen-bond acceptors (Lipinski definition) is 7. The van der Waals surface area contributed by atoms with Crippen molar-refractivity contribution >= 4 is 45.9 Å². The summed E-state index contributed by atoms with van der Waals surface area (Å²) < 4.78 is 5.74. The van der Waals surface area contributed by atoms with Crippen LogP contribution in [0.2, 0.25) is 0 Å². The Balaban J connectivity index is 1.41. The lowest BCUT2D eigenvalue weighted by Gasteiger charge is -2.05. The van der Waals surface area contributed by atoms with E-state index in [4.69, 9.17) is 4.42 Å². The first-order valence-electron chi connectivity index (χ1n) is 7.98. The van der Waals surface area contributed by atoms with Gasteiger partial charge in [-0.2, -0.15) is 0 Å². The average Bonchev–Trinajstić information content (AvgIpc) is 3.32. The SMILES string of the molecule is Cc1ccc(NC(=O)Nc2nnc(SCC(=O)NCc3ccco3)s2)cc1. The summed E-state index contributed by atoms with van der Waals surface area (Å²) in [5.41, 5.74) is 1.80. The second-order valence-electron chi connectivity index (χ2n) is 5.46. The van der Waals surface area contributed by atoms with Crippen LogP contribution in [-0.4, -0.2) is 27.9 Å². The van der Waals surface area contributed by atoms with E-state index in [1.165, 1.54) is 23.1 Å². The zero-order chi connectivity index (χ0) is 19.1. The van der Waals surface area contributed by atoms with Gasteiger partial charge in [-0.3, -0.25) is 10.1 Å². The van der Waals surface area contributed by atoms with E-state index < -0.39 is 6.03 Å². The number of hydrogen-bond donors (Lipinski definition) is 3. The normalized spacial score (nSPS) is 10.4. The van der Waals surface area contributed by atoms with Crippen LogP contribution >= 0.6 is 23.1 Å². The number of carbonyl (C=O) groups excluding carboxylic acids is 2. The molecule has 3 aromatic rings. The molecule has 0 bridgehead atoms. The predicted molar refractivity (Wildman–Crippen MR) is 105 cm³/mol. The topological polar surface area (TPSA) is 109 Å². The van der Waals surface area contributed by atoms with E-state index in [0.717, 1.165) is 5.56 Å². The number of furan rings is 1. The number of benzene rings is 1. The molecule has 8 nitrogen and oxygen atoms in total. The molecule has 2 aromatic heterocycles. The first kappa shape index (κ1) is 18.9. The standard InChI is InChI=1S/C17H17N5O3S2/c1-11-4-6-12(7-5-11)19-15(24)20-16-21-22-17(27-16)26-10-14(23)18-9-13-3-2-8-25-13/h2-8H,9-10H2,1H3,(H,18,23)(H2,19,20,21,24). The maximum Gasteiger partial charge on any atom is 0.325 e. The fourth-order valence-corrected chi connectivity index (χ4v) is 3.57. The number of nitrogens with zero attached hydrogens (tertiary/aromatic N) is 2. The van der Waals surface area contributed by atoms with Gasteiger partial charge in [0.05, 0.1) is 18.6 Å². The van der Waals surface area contributed by atoms with Gasteiger partial charge in [0.15, 0.2) is 4.34 Å². The number of nitrogens with one attached hydrogen (secondary N) is 3. The maximum atomic E-state index is 12.0. The van der Waals surface area contributed by atoms with Gasteiger partial charge in [0, 0.05) is 5.69 Å². The van der Waals surface area contributed by atoms with Crippen molar-refractivity contribution in [3.05, 3.63) is 54.0 Å². The Labute approximate surface area is 163 Å². The molecule has 3 amide bonds. The van der Waals surface area contributed by atoms with Crippen molar-refractivity contribution in [2.24, 2.45) is 0 Å². The van der Waals surface area contributed by atoms with Gasteiger partial charge < -0.3 is 15.1 Å². The molecular formula is C17H17N5O3S2. The lowest BCUT2D eigenvalue weighted by Crippen LogP contribution is -2.24. The second kappa shape index (κ2) is 9.19. The summed E-state index contributed by atoms with van der Waals surface area (Å²) in [6.07, 6.45) is 1.56. The smallest absolute Gasteiger partial charge is 0.325 e. The number of aromatic nitrogens is 2. The lowest BCUT2D eigenvalue weighted by atomic mass is 10.2. The minimum atomic E-state index is -0.400. The quantitative estimate of drug-likeness (QED) is 0.412. The number of carbonyl (C=O) groups is 2. The molecule has 3 N–H and O–H groups in total. The summed E-state index contributed by atoms with van der Waals surface area (Å²) in [4.78, 5) is 23.8. The fraction of sp³-hybridized carbons (Fsp3) is 0.176. The molecule has 0 fully saturated rings. The molecule has 1 aromatic carbocycles. The fourth-order valence-electron chi connectivity index (χ4n) is 1.99. The minimum Gasteiger partial charge on any atom is -0.467 e. The Morgan fingerprint density at radius 3 is 2.70 bits per heavy atom. The highest BCUT2D eigenvalue weighted by molar-refractivity contribution is 8.01. The van der Waals surface area contributed by atoms with E-state index in [9.17, 15) is 9.59 Å². The van der Waals surface area contributed by atoms with Crippen molar-refractivity contribution in [3.8, 4) is 0 Å². The molecule has 0 atom stereocenters. The molecule has 0 radical (unpaired) electrons. The molecule has 0 saturated carbocycles. The number of thioether (sulfide) groups is 1. The van der Waals surface area contributed by atoms with Gasteiger partial charge in [-0.25, -0.2) is 4.79 Å². The lowest BCUT2D eigenvalue weighted by molar-refractivity contribution is -0.118. The Morgan fingerprint density at radius 1 is 1.15 bits per heavy atom. The van der Waals surface area contributed by atoms with Gasteiger partial charge in [0.2, 0.25) is 11.0 Å². The summed E-state index contributed by atoms with van der Waals surface area (Å²) in [6.45, 7) is 2.32. The number of aryl methyl sites for hydroxylation is 1. The molecule has 0 unspecified atom stereocenters. The van der Waals surface area contributed by atoms with Gasteiger partial charge >= 0.3 is 6.03 Å². The van der Waals surface area contributed by atoms with Crippen LogP contribution in [0, 0.1) is 6.92 Å². The third-order valence-electron chi connectivity index (χ3n) is 3.30. The number of rotatable bonds is 7. The first-order valence-corrected chi connectivity index (χ1v) is 9.79. The van der Waals surface area contributed by atoms with Crippen LogP contribution in [0.1, 0.15) is 11.3 Å². The number of amides is 3. The summed E-state index contributed by atoms with van der Waals surface area (Å²) in [6, 6.07) is 10.6. The van der Waals surface area contributed by atoms with Crippen LogP contribution < -0.4 is 16.0 Å². The van der Waals surface area contributed by atoms with Crippen molar-refractivity contribution in [1.29, 1.82) is 0 Å². The Morgan fingerprint density at radius 2 is 1.96 bits per heavy atom. The van der Waals surface area contributed by atoms with E-state index in [-0.39, 0.29) is 11.7 Å². The highest BCUT2D eigenvalue weighted by atomic mass is 32.2. The Hall–Kier alpha value is -2.85. The van der Waals surface area contributed by atoms with Crippen LogP contribution in [-0.2, 0) is 11.3 Å². The van der Waals surface area contributed by atoms with Crippen LogP contribution in [0.15, 0.2) is 51.4 Å². The van der Waals surface area contributed by atoms with Gasteiger partial charge in [-0.1, -0.05) is 40.8 Å². The highest BCUT2D eigenvalue weighted by Gasteiger charge is 2.11. The van der Waals surface area contributed by atoms with Crippen LogP contribution in [0.25, 0.3) is 0 Å². The van der Waals surface area contributed by atoms with Gasteiger partial charge in [0.25, 0.3) is 0 Å². The van der Waals surface area contributed by atoms with Crippen LogP contribution in [0.5, 0.6) is 0 Å². The molecule has 27 heavy (non-hydrogen) atoms. The second-order valence-corrected chi connectivity index (χ2v) is 7.66. The summed E-state index contributed by atoms with van der Waals surface area (Å²) in [5, 5.41) is 16.3. The highest BCUT2D eigenvalue weighted by Crippen LogP contribution is 2.25. The Kier molecular flexibility index (Phi) is 6.44. The molecule has 0 aliphatic heterocycles. The zero-order valence-corrected chi connectivity index (χ0v) is 16.0. The summed E-state index contributed by atoms with van der Waals surface area (Å²) in [5.74, 6) is 0.749. The summed E-state index contributed by atoms with van der Waals surface area (Å²) >= 11 is 2.45. The van der Waals surface area contributed by atoms with Crippen molar-refractivity contribution < 1.29 is 14.0 Å². The summed E-state index contributed by atoms with van der Waals surface area (Å²) in [7, 11) is 0. The third kappa shape index (κ3) is 6.12. The maximum absolute atomic E-state index is 12.0. The molecule has 0 aliphatic carbocycles. The van der Waals surface area contributed by atoms with E-state index in [2.05, 4.69) is 26.1 Å². The van der Waals surface area contributed by atoms with Gasteiger partial charge in [0.1, 0.15) is 5.76 Å². The van der Waals surface area contributed by atoms with Gasteiger partial charge in [-0.15, -0.1) is 10.2 Å². The zero-order valence-electron chi connectivity index (χ0n) is 14.4.